The van der Waals surface area contributed by atoms with Gasteiger partial charge in [-0.15, -0.1) is 5.10 Å². The summed E-state index contributed by atoms with van der Waals surface area (Å²) in [5.41, 5.74) is 6.58. The van der Waals surface area contributed by atoms with Gasteiger partial charge in [0.2, 0.25) is 0 Å². The van der Waals surface area contributed by atoms with Gasteiger partial charge in [-0.2, -0.15) is 0 Å². The number of aryl methyl sites for hydroxylation is 1. The summed E-state index contributed by atoms with van der Waals surface area (Å²) < 4.78 is 6.63. The number of pyridine rings is 2. The van der Waals surface area contributed by atoms with Crippen LogP contribution in [0.15, 0.2) is 66.9 Å². The van der Waals surface area contributed by atoms with Crippen LogP contribution in [0, 0.1) is 6.92 Å². The molecule has 0 fully saturated rings. The third-order valence-corrected chi connectivity index (χ3v) is 5.29. The van der Waals surface area contributed by atoms with Gasteiger partial charge in [0.05, 0.1) is 30.4 Å². The van der Waals surface area contributed by atoms with Gasteiger partial charge < -0.3 is 4.74 Å². The highest BCUT2D eigenvalue weighted by molar-refractivity contribution is 5.91. The van der Waals surface area contributed by atoms with Crippen molar-refractivity contribution in [3.8, 4) is 11.3 Å². The lowest BCUT2D eigenvalue weighted by Gasteiger charge is -2.08. The van der Waals surface area contributed by atoms with Crippen LogP contribution in [0.2, 0.25) is 0 Å². The number of carbonyl (C=O) groups is 1. The van der Waals surface area contributed by atoms with Crippen LogP contribution >= 0.6 is 0 Å². The number of nitrogens with zero attached hydrogens (tertiary/aromatic N) is 5. The summed E-state index contributed by atoms with van der Waals surface area (Å²) in [4.78, 5) is 21.0. The molecule has 31 heavy (non-hydrogen) atoms. The molecule has 3 heterocycles. The molecule has 7 nitrogen and oxygen atoms in total. The molecule has 0 radical (unpaired) electrons. The van der Waals surface area contributed by atoms with E-state index in [4.69, 9.17) is 9.72 Å². The minimum Gasteiger partial charge on any atom is -0.465 e. The molecule has 0 aliphatic carbocycles. The Morgan fingerprint density at radius 1 is 1.03 bits per heavy atom. The summed E-state index contributed by atoms with van der Waals surface area (Å²) in [6.45, 7) is 2.44. The number of hydrogen-bond donors (Lipinski definition) is 0. The van der Waals surface area contributed by atoms with E-state index < -0.39 is 0 Å². The molecule has 5 aromatic rings. The van der Waals surface area contributed by atoms with E-state index in [0.717, 1.165) is 38.8 Å². The zero-order valence-electron chi connectivity index (χ0n) is 17.1. The summed E-state index contributed by atoms with van der Waals surface area (Å²) in [5, 5.41) is 9.64. The average molecular weight is 409 g/mol. The number of esters is 1. The van der Waals surface area contributed by atoms with Crippen molar-refractivity contribution in [2.45, 2.75) is 13.5 Å². The Morgan fingerprint density at radius 2 is 1.90 bits per heavy atom. The number of hydrogen-bond acceptors (Lipinski definition) is 6. The van der Waals surface area contributed by atoms with E-state index in [-0.39, 0.29) is 5.97 Å². The zero-order valence-corrected chi connectivity index (χ0v) is 17.1. The monoisotopic (exact) mass is 409 g/mol. The molecule has 3 aromatic heterocycles. The molecule has 0 unspecified atom stereocenters. The van der Waals surface area contributed by atoms with Crippen molar-refractivity contribution in [1.82, 2.24) is 25.0 Å². The predicted octanol–water partition coefficient (Wildman–Crippen LogP) is 4.18. The van der Waals surface area contributed by atoms with Gasteiger partial charge in [0, 0.05) is 17.1 Å². The number of benzene rings is 2. The van der Waals surface area contributed by atoms with Gasteiger partial charge in [-0.25, -0.2) is 14.5 Å². The second kappa shape index (κ2) is 7.60. The molecular formula is C24H19N5O2. The van der Waals surface area contributed by atoms with Crippen LogP contribution in [0.3, 0.4) is 0 Å². The summed E-state index contributed by atoms with van der Waals surface area (Å²) in [6.07, 6.45) is 1.79. The van der Waals surface area contributed by atoms with Crippen LogP contribution in [-0.4, -0.2) is 38.0 Å². The number of carbonyl (C=O) groups excluding carboxylic acids is 1. The van der Waals surface area contributed by atoms with Crippen molar-refractivity contribution in [1.29, 1.82) is 0 Å². The highest BCUT2D eigenvalue weighted by Gasteiger charge is 2.13. The lowest BCUT2D eigenvalue weighted by atomic mass is 10.0. The molecule has 5 rings (SSSR count). The lowest BCUT2D eigenvalue weighted by Crippen LogP contribution is -2.04. The third kappa shape index (κ3) is 3.50. The molecule has 0 N–H and O–H groups in total. The first-order chi connectivity index (χ1) is 15.1. The Morgan fingerprint density at radius 3 is 2.74 bits per heavy atom. The maximum atomic E-state index is 11.9. The van der Waals surface area contributed by atoms with Gasteiger partial charge in [-0.05, 0) is 60.5 Å². The first kappa shape index (κ1) is 18.9. The molecule has 0 amide bonds. The van der Waals surface area contributed by atoms with Gasteiger partial charge >= 0.3 is 5.97 Å². The lowest BCUT2D eigenvalue weighted by molar-refractivity contribution is 0.0600. The number of rotatable bonds is 4. The maximum absolute atomic E-state index is 11.9. The first-order valence-corrected chi connectivity index (χ1v) is 9.85. The molecule has 0 saturated carbocycles. The summed E-state index contributed by atoms with van der Waals surface area (Å²) >= 11 is 0. The summed E-state index contributed by atoms with van der Waals surface area (Å²) in [7, 11) is 1.38. The van der Waals surface area contributed by atoms with Gasteiger partial charge in [-0.1, -0.05) is 23.4 Å². The second-order valence-corrected chi connectivity index (χ2v) is 7.34. The molecule has 0 spiro atoms. The number of aromatic nitrogens is 5. The second-order valence-electron chi connectivity index (χ2n) is 7.34. The molecule has 0 saturated heterocycles. The normalized spacial score (nSPS) is 11.2. The van der Waals surface area contributed by atoms with E-state index in [9.17, 15) is 4.79 Å². The number of fused-ring (bicyclic) bond motifs is 2. The van der Waals surface area contributed by atoms with Crippen molar-refractivity contribution >= 4 is 28.0 Å². The van der Waals surface area contributed by atoms with Crippen LogP contribution in [0.1, 0.15) is 21.5 Å². The molecule has 0 atom stereocenters. The van der Waals surface area contributed by atoms with Gasteiger partial charge in [0.1, 0.15) is 5.52 Å². The van der Waals surface area contributed by atoms with Gasteiger partial charge in [-0.3, -0.25) is 4.98 Å². The fourth-order valence-electron chi connectivity index (χ4n) is 3.68. The Balaban J connectivity index is 1.51. The predicted molar refractivity (Wildman–Crippen MR) is 118 cm³/mol. The molecule has 0 aliphatic heterocycles. The van der Waals surface area contributed by atoms with E-state index >= 15 is 0 Å². The number of methoxy groups -OCH3 is 1. The molecule has 0 bridgehead atoms. The highest BCUT2D eigenvalue weighted by atomic mass is 16.5. The quantitative estimate of drug-likeness (QED) is 0.414. The molecule has 2 aromatic carbocycles. The molecule has 0 aliphatic rings. The molecular weight excluding hydrogens is 390 g/mol. The molecule has 152 valence electrons. The minimum absolute atomic E-state index is 0.347. The maximum Gasteiger partial charge on any atom is 0.338 e. The summed E-state index contributed by atoms with van der Waals surface area (Å²) in [6, 6.07) is 19.5. The summed E-state index contributed by atoms with van der Waals surface area (Å²) in [5.74, 6) is -0.347. The Labute approximate surface area is 178 Å². The van der Waals surface area contributed by atoms with E-state index in [1.807, 2.05) is 55.5 Å². The molecule has 7 heteroatoms. The van der Waals surface area contributed by atoms with E-state index in [1.165, 1.54) is 7.11 Å². The van der Waals surface area contributed by atoms with E-state index in [0.29, 0.717) is 17.8 Å². The number of ether oxygens (including phenoxy) is 1. The van der Waals surface area contributed by atoms with Crippen molar-refractivity contribution in [2.24, 2.45) is 0 Å². The van der Waals surface area contributed by atoms with Crippen LogP contribution < -0.4 is 0 Å². The van der Waals surface area contributed by atoms with Crippen molar-refractivity contribution in [3.63, 3.8) is 0 Å². The standard InChI is InChI=1S/C24H19N5O2/c1-15-12-18(6-7-19(15)24(30)31-2)21-9-10-22-23(26-21)29(28-27-22)14-16-5-8-20-17(13-16)4-3-11-25-20/h3-13H,14H2,1-2H3. The van der Waals surface area contributed by atoms with Gasteiger partial charge in [0.15, 0.2) is 5.65 Å². The van der Waals surface area contributed by atoms with Crippen LogP contribution in [0.5, 0.6) is 0 Å². The van der Waals surface area contributed by atoms with E-state index in [1.54, 1.807) is 16.9 Å². The fourth-order valence-corrected chi connectivity index (χ4v) is 3.68. The van der Waals surface area contributed by atoms with Crippen LogP contribution in [0.25, 0.3) is 33.3 Å². The zero-order chi connectivity index (χ0) is 21.4. The fraction of sp³-hybridized carbons (Fsp3) is 0.125. The van der Waals surface area contributed by atoms with Crippen molar-refractivity contribution in [3.05, 3.63) is 83.6 Å². The smallest absolute Gasteiger partial charge is 0.338 e. The highest BCUT2D eigenvalue weighted by Crippen LogP contribution is 2.24. The van der Waals surface area contributed by atoms with E-state index in [2.05, 4.69) is 21.4 Å². The first-order valence-electron chi connectivity index (χ1n) is 9.85. The van der Waals surface area contributed by atoms with Crippen LogP contribution in [0.4, 0.5) is 0 Å². The Hall–Kier alpha value is -4.13. The third-order valence-electron chi connectivity index (χ3n) is 5.29. The minimum atomic E-state index is -0.347. The largest absolute Gasteiger partial charge is 0.465 e. The Kier molecular flexibility index (Phi) is 4.63. The average Bonchev–Trinajstić information content (AvgIpc) is 3.20. The van der Waals surface area contributed by atoms with Crippen molar-refractivity contribution in [2.75, 3.05) is 7.11 Å². The topological polar surface area (TPSA) is 82.8 Å². The van der Waals surface area contributed by atoms with Gasteiger partial charge in [0.25, 0.3) is 0 Å². The van der Waals surface area contributed by atoms with Crippen molar-refractivity contribution < 1.29 is 9.53 Å². The SMILES string of the molecule is COC(=O)c1ccc(-c2ccc3nnn(Cc4ccc5ncccc5c4)c3n2)cc1C. The Bertz CT molecular complexity index is 1440. The van der Waals surface area contributed by atoms with Crippen LogP contribution in [-0.2, 0) is 11.3 Å².